The number of piperazine rings is 1. The fourth-order valence-corrected chi connectivity index (χ4v) is 2.20. The van der Waals surface area contributed by atoms with Gasteiger partial charge in [0.25, 0.3) is 0 Å². The van der Waals surface area contributed by atoms with E-state index in [0.717, 1.165) is 26.1 Å². The van der Waals surface area contributed by atoms with Crippen LogP contribution in [0.25, 0.3) is 0 Å². The van der Waals surface area contributed by atoms with Crippen LogP contribution in [0.5, 0.6) is 0 Å². The van der Waals surface area contributed by atoms with Crippen molar-refractivity contribution in [2.45, 2.75) is 38.0 Å². The maximum atomic E-state index is 9.52. The normalized spacial score (nSPS) is 44.0. The van der Waals surface area contributed by atoms with E-state index in [9.17, 15) is 5.11 Å². The van der Waals surface area contributed by atoms with Gasteiger partial charge in [0.15, 0.2) is 0 Å². The third kappa shape index (κ3) is 1.37. The van der Waals surface area contributed by atoms with Crippen LogP contribution >= 0.6 is 0 Å². The Bertz CT molecular complexity index is 163. The molecular formula is C9H18N2O. The van der Waals surface area contributed by atoms with Gasteiger partial charge in [-0.3, -0.25) is 4.90 Å². The van der Waals surface area contributed by atoms with Gasteiger partial charge in [-0.15, -0.1) is 0 Å². The Morgan fingerprint density at radius 2 is 2.25 bits per heavy atom. The van der Waals surface area contributed by atoms with Crippen molar-refractivity contribution in [3.8, 4) is 0 Å². The van der Waals surface area contributed by atoms with E-state index in [1.165, 1.54) is 6.42 Å². The summed E-state index contributed by atoms with van der Waals surface area (Å²) < 4.78 is 0. The van der Waals surface area contributed by atoms with Gasteiger partial charge in [0.2, 0.25) is 0 Å². The van der Waals surface area contributed by atoms with Crippen molar-refractivity contribution in [1.29, 1.82) is 0 Å². The first-order valence-electron chi connectivity index (χ1n) is 4.93. The van der Waals surface area contributed by atoms with Gasteiger partial charge in [-0.05, 0) is 19.8 Å². The summed E-state index contributed by atoms with van der Waals surface area (Å²) in [7, 11) is 0. The zero-order valence-corrected chi connectivity index (χ0v) is 7.66. The summed E-state index contributed by atoms with van der Waals surface area (Å²) in [6.07, 6.45) is 2.14. The zero-order valence-electron chi connectivity index (χ0n) is 7.66. The van der Waals surface area contributed by atoms with Crippen LogP contribution in [0.15, 0.2) is 0 Å². The minimum absolute atomic E-state index is 0.0504. The fourth-order valence-electron chi connectivity index (χ4n) is 2.20. The van der Waals surface area contributed by atoms with Gasteiger partial charge in [-0.25, -0.2) is 0 Å². The SMILES string of the molecule is CC1CNCCN1C1CCC1O. The van der Waals surface area contributed by atoms with Crippen molar-refractivity contribution in [2.24, 2.45) is 0 Å². The standard InChI is InChI=1S/C9H18N2O/c1-7-6-10-4-5-11(7)8-2-3-9(8)12/h7-10,12H,2-6H2,1H3. The molecule has 2 rings (SSSR count). The molecule has 3 heteroatoms. The van der Waals surface area contributed by atoms with E-state index in [4.69, 9.17) is 0 Å². The predicted octanol–water partition coefficient (Wildman–Crippen LogP) is -0.197. The molecule has 3 nitrogen and oxygen atoms in total. The highest BCUT2D eigenvalue weighted by molar-refractivity contribution is 4.92. The second-order valence-corrected chi connectivity index (χ2v) is 4.00. The summed E-state index contributed by atoms with van der Waals surface area (Å²) in [6, 6.07) is 1.06. The van der Waals surface area contributed by atoms with Crippen LogP contribution in [0, 0.1) is 0 Å². The van der Waals surface area contributed by atoms with Crippen molar-refractivity contribution in [2.75, 3.05) is 19.6 Å². The van der Waals surface area contributed by atoms with Crippen molar-refractivity contribution >= 4 is 0 Å². The molecule has 70 valence electrons. The van der Waals surface area contributed by atoms with E-state index < -0.39 is 0 Å². The van der Waals surface area contributed by atoms with E-state index in [1.807, 2.05) is 0 Å². The van der Waals surface area contributed by atoms with Gasteiger partial charge in [0.05, 0.1) is 6.10 Å². The molecule has 3 atom stereocenters. The van der Waals surface area contributed by atoms with Crippen LogP contribution in [0.4, 0.5) is 0 Å². The highest BCUT2D eigenvalue weighted by atomic mass is 16.3. The zero-order chi connectivity index (χ0) is 8.55. The molecule has 1 aliphatic heterocycles. The van der Waals surface area contributed by atoms with Crippen molar-refractivity contribution in [1.82, 2.24) is 10.2 Å². The molecule has 0 aromatic carbocycles. The quantitative estimate of drug-likeness (QED) is 0.572. The lowest BCUT2D eigenvalue weighted by Crippen LogP contribution is -2.60. The molecule has 1 saturated carbocycles. The average Bonchev–Trinajstić information content (AvgIpc) is 2.06. The summed E-state index contributed by atoms with van der Waals surface area (Å²) in [5, 5.41) is 12.9. The van der Waals surface area contributed by atoms with Crippen molar-refractivity contribution in [3.63, 3.8) is 0 Å². The van der Waals surface area contributed by atoms with Gasteiger partial charge in [0, 0.05) is 31.7 Å². The maximum absolute atomic E-state index is 9.52. The summed E-state index contributed by atoms with van der Waals surface area (Å²) in [4.78, 5) is 2.45. The Kier molecular flexibility index (Phi) is 2.35. The predicted molar refractivity (Wildman–Crippen MR) is 48.1 cm³/mol. The minimum atomic E-state index is -0.0504. The first-order valence-corrected chi connectivity index (χ1v) is 4.93. The van der Waals surface area contributed by atoms with E-state index in [1.54, 1.807) is 0 Å². The topological polar surface area (TPSA) is 35.5 Å². The van der Waals surface area contributed by atoms with Crippen molar-refractivity contribution < 1.29 is 5.11 Å². The molecule has 12 heavy (non-hydrogen) atoms. The minimum Gasteiger partial charge on any atom is -0.391 e. The van der Waals surface area contributed by atoms with Gasteiger partial charge in [-0.1, -0.05) is 0 Å². The smallest absolute Gasteiger partial charge is 0.0696 e. The number of hydrogen-bond acceptors (Lipinski definition) is 3. The van der Waals surface area contributed by atoms with E-state index in [-0.39, 0.29) is 6.10 Å². The Hall–Kier alpha value is -0.120. The van der Waals surface area contributed by atoms with Crippen LogP contribution < -0.4 is 5.32 Å². The highest BCUT2D eigenvalue weighted by Crippen LogP contribution is 2.27. The average molecular weight is 170 g/mol. The van der Waals surface area contributed by atoms with E-state index in [0.29, 0.717) is 12.1 Å². The van der Waals surface area contributed by atoms with Gasteiger partial charge < -0.3 is 10.4 Å². The van der Waals surface area contributed by atoms with Crippen LogP contribution in [0.1, 0.15) is 19.8 Å². The molecule has 1 heterocycles. The molecular weight excluding hydrogens is 152 g/mol. The van der Waals surface area contributed by atoms with Crippen LogP contribution in [-0.2, 0) is 0 Å². The summed E-state index contributed by atoms with van der Waals surface area (Å²) >= 11 is 0. The fraction of sp³-hybridized carbons (Fsp3) is 1.00. The maximum Gasteiger partial charge on any atom is 0.0696 e. The molecule has 1 aliphatic carbocycles. The molecule has 0 amide bonds. The molecule has 3 unspecified atom stereocenters. The molecule has 0 spiro atoms. The lowest BCUT2D eigenvalue weighted by atomic mass is 9.86. The summed E-state index contributed by atoms with van der Waals surface area (Å²) in [6.45, 7) is 5.48. The lowest BCUT2D eigenvalue weighted by molar-refractivity contribution is -0.0431. The monoisotopic (exact) mass is 170 g/mol. The number of rotatable bonds is 1. The highest BCUT2D eigenvalue weighted by Gasteiger charge is 2.36. The van der Waals surface area contributed by atoms with E-state index in [2.05, 4.69) is 17.1 Å². The largest absolute Gasteiger partial charge is 0.391 e. The van der Waals surface area contributed by atoms with Crippen LogP contribution in [0.3, 0.4) is 0 Å². The first kappa shape index (κ1) is 8.48. The Morgan fingerprint density at radius 3 is 2.75 bits per heavy atom. The molecule has 0 aromatic heterocycles. The molecule has 0 radical (unpaired) electrons. The number of aliphatic hydroxyl groups excluding tert-OH is 1. The van der Waals surface area contributed by atoms with Gasteiger partial charge in [0.1, 0.15) is 0 Å². The second kappa shape index (κ2) is 3.32. The number of hydrogen-bond donors (Lipinski definition) is 2. The first-order chi connectivity index (χ1) is 5.79. The molecule has 1 saturated heterocycles. The molecule has 0 aromatic rings. The second-order valence-electron chi connectivity index (χ2n) is 4.00. The Labute approximate surface area is 73.8 Å². The Morgan fingerprint density at radius 1 is 1.42 bits per heavy atom. The molecule has 2 fully saturated rings. The molecule has 2 aliphatic rings. The molecule has 0 bridgehead atoms. The number of nitrogens with one attached hydrogen (secondary N) is 1. The third-order valence-corrected chi connectivity index (χ3v) is 3.18. The van der Waals surface area contributed by atoms with E-state index >= 15 is 0 Å². The lowest BCUT2D eigenvalue weighted by Gasteiger charge is -2.46. The van der Waals surface area contributed by atoms with Crippen molar-refractivity contribution in [3.05, 3.63) is 0 Å². The van der Waals surface area contributed by atoms with Gasteiger partial charge >= 0.3 is 0 Å². The number of aliphatic hydroxyl groups is 1. The number of nitrogens with zero attached hydrogens (tertiary/aromatic N) is 1. The van der Waals surface area contributed by atoms with Crippen LogP contribution in [-0.4, -0.2) is 47.8 Å². The molecule has 2 N–H and O–H groups in total. The summed E-state index contributed by atoms with van der Waals surface area (Å²) in [5.74, 6) is 0. The summed E-state index contributed by atoms with van der Waals surface area (Å²) in [5.41, 5.74) is 0. The van der Waals surface area contributed by atoms with Crippen LogP contribution in [0.2, 0.25) is 0 Å². The Balaban J connectivity index is 1.92. The third-order valence-electron chi connectivity index (χ3n) is 3.18. The van der Waals surface area contributed by atoms with Gasteiger partial charge in [-0.2, -0.15) is 0 Å².